The fraction of sp³-hybridized carbons (Fsp3) is 0.267. The van der Waals surface area contributed by atoms with Crippen LogP contribution in [0.3, 0.4) is 0 Å². The molecular formula is C30H25ClF4I2N10. The first-order chi connectivity index (χ1) is 22.7. The van der Waals surface area contributed by atoms with Crippen LogP contribution in [0, 0.1) is 30.7 Å². The van der Waals surface area contributed by atoms with E-state index in [2.05, 4.69) is 80.6 Å². The van der Waals surface area contributed by atoms with Crippen LogP contribution in [0.1, 0.15) is 49.2 Å². The van der Waals surface area contributed by atoms with Gasteiger partial charge in [0, 0.05) is 18.9 Å². The molecule has 2 aliphatic rings. The highest BCUT2D eigenvalue weighted by Gasteiger charge is 2.31. The summed E-state index contributed by atoms with van der Waals surface area (Å²) in [4.78, 5) is 18.0. The number of pyridine rings is 2. The molecule has 0 unspecified atom stereocenters. The molecule has 0 saturated carbocycles. The Hall–Kier alpha value is -3.23. The molecule has 0 radical (unpaired) electrons. The summed E-state index contributed by atoms with van der Waals surface area (Å²) in [5.41, 5.74) is 1.91. The third-order valence-electron chi connectivity index (χ3n) is 7.53. The van der Waals surface area contributed by atoms with E-state index in [4.69, 9.17) is 11.6 Å². The highest BCUT2D eigenvalue weighted by atomic mass is 127. The predicted molar refractivity (Wildman–Crippen MR) is 184 cm³/mol. The number of aromatic nitrogens is 8. The van der Waals surface area contributed by atoms with Crippen LogP contribution in [0.25, 0.3) is 11.3 Å². The number of nitrogens with zero attached hydrogens (tertiary/aromatic N) is 9. The summed E-state index contributed by atoms with van der Waals surface area (Å²) in [7, 11) is 0. The molecule has 8 heterocycles. The van der Waals surface area contributed by atoms with Gasteiger partial charge in [-0.05, 0) is 114 Å². The molecule has 2 atom stereocenters. The van der Waals surface area contributed by atoms with Gasteiger partial charge in [0.1, 0.15) is 28.3 Å². The first-order valence-corrected chi connectivity index (χ1v) is 17.0. The van der Waals surface area contributed by atoms with Gasteiger partial charge >= 0.3 is 0 Å². The Kier molecular flexibility index (Phi) is 10.7. The predicted octanol–water partition coefficient (Wildman–Crippen LogP) is 7.12. The van der Waals surface area contributed by atoms with Crippen LogP contribution in [0.4, 0.5) is 23.4 Å². The van der Waals surface area contributed by atoms with E-state index in [1.165, 1.54) is 0 Å². The van der Waals surface area contributed by atoms with Gasteiger partial charge in [0.05, 0.1) is 37.3 Å². The summed E-state index contributed by atoms with van der Waals surface area (Å²) in [6.45, 7) is 1.58. The maximum atomic E-state index is 14.1. The van der Waals surface area contributed by atoms with Crippen molar-refractivity contribution in [3.8, 4) is 0 Å². The zero-order valence-electron chi connectivity index (χ0n) is 24.3. The third-order valence-corrected chi connectivity index (χ3v) is 9.27. The Labute approximate surface area is 298 Å². The van der Waals surface area contributed by atoms with Crippen molar-refractivity contribution >= 4 is 73.9 Å². The van der Waals surface area contributed by atoms with Crippen molar-refractivity contribution < 1.29 is 17.6 Å². The number of hydrogen-bond acceptors (Lipinski definition) is 8. The molecule has 0 aliphatic carbocycles. The first kappa shape index (κ1) is 33.7. The van der Waals surface area contributed by atoms with Gasteiger partial charge in [-0.1, -0.05) is 11.6 Å². The molecule has 2 aliphatic heterocycles. The lowest BCUT2D eigenvalue weighted by molar-refractivity contribution is 0.504. The van der Waals surface area contributed by atoms with Crippen LogP contribution in [0.2, 0.25) is 5.15 Å². The molecule has 47 heavy (non-hydrogen) atoms. The van der Waals surface area contributed by atoms with E-state index < -0.39 is 23.5 Å². The van der Waals surface area contributed by atoms with Crippen molar-refractivity contribution in [2.24, 2.45) is 0 Å². The second-order valence-electron chi connectivity index (χ2n) is 10.6. The van der Waals surface area contributed by atoms with Crippen molar-refractivity contribution in [3.05, 3.63) is 108 Å². The van der Waals surface area contributed by atoms with Crippen LogP contribution in [-0.2, 0) is 0 Å². The van der Waals surface area contributed by atoms with E-state index >= 15 is 0 Å². The van der Waals surface area contributed by atoms with Gasteiger partial charge in [-0.2, -0.15) is 19.0 Å². The van der Waals surface area contributed by atoms with E-state index in [1.54, 1.807) is 33.7 Å². The zero-order valence-corrected chi connectivity index (χ0v) is 29.4. The molecule has 0 bridgehead atoms. The van der Waals surface area contributed by atoms with Gasteiger partial charge in [-0.3, -0.25) is 0 Å². The van der Waals surface area contributed by atoms with E-state index in [0.29, 0.717) is 5.15 Å². The monoisotopic (exact) mass is 890 g/mol. The van der Waals surface area contributed by atoms with Crippen LogP contribution in [0.15, 0.2) is 61.2 Å². The van der Waals surface area contributed by atoms with Gasteiger partial charge < -0.3 is 10.2 Å². The molecule has 2 saturated heterocycles. The lowest BCUT2D eigenvalue weighted by atomic mass is 10.1. The fourth-order valence-corrected chi connectivity index (χ4v) is 6.52. The molecule has 0 amide bonds. The van der Waals surface area contributed by atoms with E-state index in [0.717, 1.165) is 87.3 Å². The van der Waals surface area contributed by atoms with Crippen molar-refractivity contribution in [1.82, 2.24) is 44.5 Å². The molecular weight excluding hydrogens is 866 g/mol. The molecule has 1 N–H and O–H groups in total. The van der Waals surface area contributed by atoms with Crippen molar-refractivity contribution in [2.75, 3.05) is 18.0 Å². The zero-order chi connectivity index (χ0) is 33.1. The second-order valence-corrected chi connectivity index (χ2v) is 13.3. The smallest absolute Gasteiger partial charge is 0.213 e. The quantitative estimate of drug-likeness (QED) is 0.0869. The molecule has 244 valence electrons. The standard InChI is InChI=1S/C15H12F2IN5.C9H10F2N2.C6H3ClIN3/c16-9-3-4-12(17)20-14(9)11-2-1-6-22(11)13-5-7-23-15(21-13)10(18)8-19-23;10-6-3-4-8(11)13-9(6)7-2-1-5-12-7;7-5-1-2-11-6(10-5)4(8)3-9-11/h3-5,7-8,11H,1-2,6H2;3-4,7,12H,1-2,5H2;1-3H/t11-;7-;/m11./s1. The van der Waals surface area contributed by atoms with Crippen LogP contribution in [0.5, 0.6) is 0 Å². The molecule has 8 rings (SSSR count). The Morgan fingerprint density at radius 3 is 2.00 bits per heavy atom. The molecule has 0 spiro atoms. The van der Waals surface area contributed by atoms with Crippen molar-refractivity contribution in [3.63, 3.8) is 0 Å². The van der Waals surface area contributed by atoms with Gasteiger partial charge in [0.25, 0.3) is 0 Å². The summed E-state index contributed by atoms with van der Waals surface area (Å²) >= 11 is 10.0. The normalized spacial score (nSPS) is 17.5. The molecule has 0 aromatic carbocycles. The minimum absolute atomic E-state index is 0.115. The number of hydrogen-bond donors (Lipinski definition) is 1. The molecule has 10 nitrogen and oxygen atoms in total. The SMILES string of the molecule is Clc1ccn2ncc(I)c2n1.Fc1ccc(F)c([C@H]2CCCN2)n1.Fc1ccc(F)c([C@H]2CCCN2c2ccn3ncc(I)c3n2)n1. The highest BCUT2D eigenvalue weighted by Crippen LogP contribution is 2.35. The average molecular weight is 891 g/mol. The number of rotatable bonds is 3. The topological polar surface area (TPSA) is 101 Å². The van der Waals surface area contributed by atoms with Gasteiger partial charge in [0.2, 0.25) is 11.9 Å². The Morgan fingerprint density at radius 2 is 1.34 bits per heavy atom. The number of anilines is 1. The van der Waals surface area contributed by atoms with E-state index in [9.17, 15) is 17.6 Å². The lowest BCUT2D eigenvalue weighted by Crippen LogP contribution is -2.25. The fourth-order valence-electron chi connectivity index (χ4n) is 5.40. The highest BCUT2D eigenvalue weighted by molar-refractivity contribution is 14.1. The van der Waals surface area contributed by atoms with E-state index in [-0.39, 0.29) is 23.5 Å². The largest absolute Gasteiger partial charge is 0.348 e. The average Bonchev–Trinajstić information content (AvgIpc) is 3.89. The Morgan fingerprint density at radius 1 is 0.723 bits per heavy atom. The van der Waals surface area contributed by atoms with Gasteiger partial charge in [0.15, 0.2) is 11.3 Å². The second kappa shape index (κ2) is 14.9. The summed E-state index contributed by atoms with van der Waals surface area (Å²) in [5, 5.41) is 11.8. The Bertz CT molecular complexity index is 2020. The Balaban J connectivity index is 0.000000136. The summed E-state index contributed by atoms with van der Waals surface area (Å²) in [6.07, 6.45) is 10.5. The van der Waals surface area contributed by atoms with Gasteiger partial charge in [-0.25, -0.2) is 37.7 Å². The molecule has 2 fully saturated rings. The van der Waals surface area contributed by atoms with Crippen molar-refractivity contribution in [1.29, 1.82) is 0 Å². The maximum absolute atomic E-state index is 14.1. The maximum Gasteiger partial charge on any atom is 0.213 e. The van der Waals surface area contributed by atoms with Crippen LogP contribution < -0.4 is 10.2 Å². The lowest BCUT2D eigenvalue weighted by Gasteiger charge is -2.25. The summed E-state index contributed by atoms with van der Waals surface area (Å²) < 4.78 is 58.7. The van der Waals surface area contributed by atoms with Crippen LogP contribution in [-0.4, -0.2) is 52.3 Å². The van der Waals surface area contributed by atoms with Crippen LogP contribution >= 0.6 is 56.8 Å². The minimum Gasteiger partial charge on any atom is -0.348 e. The first-order valence-electron chi connectivity index (χ1n) is 14.5. The number of halogens is 7. The van der Waals surface area contributed by atoms with E-state index in [1.807, 2.05) is 17.2 Å². The summed E-state index contributed by atoms with van der Waals surface area (Å²) in [5.74, 6) is -1.47. The minimum atomic E-state index is -0.665. The van der Waals surface area contributed by atoms with Gasteiger partial charge in [-0.15, -0.1) is 0 Å². The molecule has 17 heteroatoms. The van der Waals surface area contributed by atoms with Crippen molar-refractivity contribution in [2.45, 2.75) is 37.8 Å². The summed E-state index contributed by atoms with van der Waals surface area (Å²) in [6, 6.07) is 7.45. The number of fused-ring (bicyclic) bond motifs is 2. The third kappa shape index (κ3) is 7.75. The number of nitrogens with one attached hydrogen (secondary N) is 1. The molecule has 6 aromatic rings. The molecule has 6 aromatic heterocycles.